The Labute approximate surface area is 129 Å². The van der Waals surface area contributed by atoms with Crippen molar-refractivity contribution in [2.75, 3.05) is 5.73 Å². The first kappa shape index (κ1) is 15.8. The monoisotopic (exact) mass is 316 g/mol. The summed E-state index contributed by atoms with van der Waals surface area (Å²) in [6.45, 7) is 0. The quantitative estimate of drug-likeness (QED) is 0.220. The maximum atomic E-state index is 11.9. The number of non-ortho nitro benzene ring substituents is 1. The van der Waals surface area contributed by atoms with Crippen LogP contribution >= 0.6 is 0 Å². The largest absolute Gasteiger partial charge is 0.504 e. The van der Waals surface area contributed by atoms with Gasteiger partial charge in [-0.2, -0.15) is 5.10 Å². The lowest BCUT2D eigenvalue weighted by atomic mass is 10.1. The fraction of sp³-hybridized carbons (Fsp3) is 0. The van der Waals surface area contributed by atoms with Crippen molar-refractivity contribution >= 4 is 23.5 Å². The van der Waals surface area contributed by atoms with Gasteiger partial charge in [0.1, 0.15) is 0 Å². The van der Waals surface area contributed by atoms with E-state index in [4.69, 9.17) is 5.73 Å². The molecule has 9 nitrogen and oxygen atoms in total. The minimum absolute atomic E-state index is 0.0117. The van der Waals surface area contributed by atoms with Gasteiger partial charge in [-0.05, 0) is 29.8 Å². The number of aromatic hydroxyl groups is 2. The van der Waals surface area contributed by atoms with Gasteiger partial charge in [-0.15, -0.1) is 0 Å². The zero-order valence-electron chi connectivity index (χ0n) is 11.6. The number of carbonyl (C=O) groups excluding carboxylic acids is 1. The van der Waals surface area contributed by atoms with E-state index in [1.54, 1.807) is 0 Å². The SMILES string of the molecule is Nc1cc(C(=O)N/N=C/c2ccc(O)c(O)c2)cc([N+](=O)[O-])c1. The number of phenolic OH excluding ortho intramolecular Hbond substituents is 2. The number of nitrogens with two attached hydrogens (primary N) is 1. The lowest BCUT2D eigenvalue weighted by molar-refractivity contribution is -0.384. The van der Waals surface area contributed by atoms with E-state index in [2.05, 4.69) is 10.5 Å². The van der Waals surface area contributed by atoms with E-state index in [9.17, 15) is 25.1 Å². The van der Waals surface area contributed by atoms with Crippen LogP contribution in [0, 0.1) is 10.1 Å². The fourth-order valence-corrected chi connectivity index (χ4v) is 1.72. The minimum Gasteiger partial charge on any atom is -0.504 e. The third kappa shape index (κ3) is 3.94. The molecule has 2 aromatic rings. The van der Waals surface area contributed by atoms with E-state index < -0.39 is 10.8 Å². The Kier molecular flexibility index (Phi) is 4.41. The molecule has 0 atom stereocenters. The molecule has 0 spiro atoms. The van der Waals surface area contributed by atoms with Crippen LogP contribution in [0.15, 0.2) is 41.5 Å². The van der Waals surface area contributed by atoms with Crippen LogP contribution in [0.5, 0.6) is 11.5 Å². The highest BCUT2D eigenvalue weighted by atomic mass is 16.6. The minimum atomic E-state index is -0.681. The van der Waals surface area contributed by atoms with Crippen molar-refractivity contribution in [3.05, 3.63) is 57.6 Å². The predicted molar refractivity (Wildman–Crippen MR) is 82.3 cm³/mol. The smallest absolute Gasteiger partial charge is 0.272 e. The molecule has 0 saturated heterocycles. The number of nitro groups is 1. The van der Waals surface area contributed by atoms with Crippen molar-refractivity contribution < 1.29 is 19.9 Å². The van der Waals surface area contributed by atoms with Gasteiger partial charge in [-0.3, -0.25) is 14.9 Å². The Morgan fingerprint density at radius 3 is 2.61 bits per heavy atom. The molecule has 0 radical (unpaired) electrons. The first-order valence-electron chi connectivity index (χ1n) is 6.27. The second-order valence-electron chi connectivity index (χ2n) is 4.52. The molecule has 0 fully saturated rings. The van der Waals surface area contributed by atoms with Gasteiger partial charge in [0, 0.05) is 17.8 Å². The Bertz CT molecular complexity index is 804. The highest BCUT2D eigenvalue weighted by molar-refractivity contribution is 5.96. The summed E-state index contributed by atoms with van der Waals surface area (Å²) in [5, 5.41) is 32.9. The number of hydrazone groups is 1. The average molecular weight is 316 g/mol. The van der Waals surface area contributed by atoms with E-state index in [1.807, 2.05) is 0 Å². The molecule has 0 aromatic heterocycles. The summed E-state index contributed by atoms with van der Waals surface area (Å²) < 4.78 is 0. The number of benzene rings is 2. The molecule has 2 rings (SSSR count). The van der Waals surface area contributed by atoms with E-state index in [0.717, 1.165) is 12.1 Å². The predicted octanol–water partition coefficient (Wildman–Crippen LogP) is 1.35. The average Bonchev–Trinajstić information content (AvgIpc) is 2.50. The van der Waals surface area contributed by atoms with Gasteiger partial charge in [0.2, 0.25) is 0 Å². The summed E-state index contributed by atoms with van der Waals surface area (Å²) in [5.74, 6) is -1.29. The molecule has 0 bridgehead atoms. The highest BCUT2D eigenvalue weighted by Crippen LogP contribution is 2.24. The number of phenols is 2. The molecular weight excluding hydrogens is 304 g/mol. The van der Waals surface area contributed by atoms with Gasteiger partial charge in [-0.25, -0.2) is 5.43 Å². The number of nitrogens with one attached hydrogen (secondary N) is 1. The molecule has 118 valence electrons. The van der Waals surface area contributed by atoms with Crippen LogP contribution in [0.2, 0.25) is 0 Å². The number of nitro benzene ring substituents is 1. The molecule has 0 aliphatic rings. The maximum absolute atomic E-state index is 11.9. The Morgan fingerprint density at radius 2 is 1.96 bits per heavy atom. The lowest BCUT2D eigenvalue weighted by Crippen LogP contribution is -2.18. The van der Waals surface area contributed by atoms with Gasteiger partial charge >= 0.3 is 0 Å². The summed E-state index contributed by atoms with van der Waals surface area (Å²) in [6.07, 6.45) is 1.23. The Balaban J connectivity index is 2.11. The number of hydrogen-bond donors (Lipinski definition) is 4. The zero-order valence-corrected chi connectivity index (χ0v) is 11.6. The molecule has 0 heterocycles. The first-order valence-corrected chi connectivity index (χ1v) is 6.27. The van der Waals surface area contributed by atoms with Crippen molar-refractivity contribution in [3.63, 3.8) is 0 Å². The van der Waals surface area contributed by atoms with Crippen molar-refractivity contribution in [2.45, 2.75) is 0 Å². The summed E-state index contributed by atoms with van der Waals surface area (Å²) in [7, 11) is 0. The number of nitrogens with zero attached hydrogens (tertiary/aromatic N) is 2. The number of amides is 1. The molecule has 2 aromatic carbocycles. The molecule has 1 amide bonds. The van der Waals surface area contributed by atoms with E-state index in [-0.39, 0.29) is 28.4 Å². The number of nitrogen functional groups attached to an aromatic ring is 1. The van der Waals surface area contributed by atoms with Crippen molar-refractivity contribution in [3.8, 4) is 11.5 Å². The summed E-state index contributed by atoms with van der Waals surface area (Å²) >= 11 is 0. The van der Waals surface area contributed by atoms with Crippen molar-refractivity contribution in [1.82, 2.24) is 5.43 Å². The van der Waals surface area contributed by atoms with Gasteiger partial charge < -0.3 is 15.9 Å². The molecule has 5 N–H and O–H groups in total. The molecule has 0 saturated carbocycles. The van der Waals surface area contributed by atoms with Crippen LogP contribution in [-0.2, 0) is 0 Å². The summed E-state index contributed by atoms with van der Waals surface area (Å²) in [6, 6.07) is 7.48. The molecule has 0 unspecified atom stereocenters. The highest BCUT2D eigenvalue weighted by Gasteiger charge is 2.13. The summed E-state index contributed by atoms with van der Waals surface area (Å²) in [4.78, 5) is 22.0. The Hall–Kier alpha value is -3.62. The second kappa shape index (κ2) is 6.43. The van der Waals surface area contributed by atoms with Gasteiger partial charge in [0.05, 0.1) is 16.7 Å². The number of rotatable bonds is 4. The van der Waals surface area contributed by atoms with E-state index in [0.29, 0.717) is 5.56 Å². The number of hydrogen-bond acceptors (Lipinski definition) is 7. The second-order valence-corrected chi connectivity index (χ2v) is 4.52. The lowest BCUT2D eigenvalue weighted by Gasteiger charge is -2.02. The Morgan fingerprint density at radius 1 is 1.22 bits per heavy atom. The molecular formula is C14H12N4O5. The molecule has 23 heavy (non-hydrogen) atoms. The molecule has 0 aliphatic heterocycles. The number of anilines is 1. The van der Waals surface area contributed by atoms with Crippen LogP contribution in [0.1, 0.15) is 15.9 Å². The van der Waals surface area contributed by atoms with Crippen molar-refractivity contribution in [2.24, 2.45) is 5.10 Å². The standard InChI is InChI=1S/C14H12N4O5/c15-10-4-9(5-11(6-10)18(22)23)14(21)17-16-7-8-1-2-12(19)13(20)3-8/h1-7,19-20H,15H2,(H,17,21)/b16-7+. The van der Waals surface area contributed by atoms with Crippen LogP contribution < -0.4 is 11.2 Å². The van der Waals surface area contributed by atoms with Gasteiger partial charge in [-0.1, -0.05) is 0 Å². The third-order valence-corrected chi connectivity index (χ3v) is 2.79. The van der Waals surface area contributed by atoms with Gasteiger partial charge in [0.15, 0.2) is 11.5 Å². The van der Waals surface area contributed by atoms with Crippen LogP contribution in [-0.4, -0.2) is 27.3 Å². The topological polar surface area (TPSA) is 151 Å². The first-order chi connectivity index (χ1) is 10.9. The van der Waals surface area contributed by atoms with E-state index in [1.165, 1.54) is 30.5 Å². The third-order valence-electron chi connectivity index (χ3n) is 2.79. The van der Waals surface area contributed by atoms with Crippen LogP contribution in [0.4, 0.5) is 11.4 Å². The maximum Gasteiger partial charge on any atom is 0.272 e. The normalized spacial score (nSPS) is 10.6. The molecule has 0 aliphatic carbocycles. The van der Waals surface area contributed by atoms with Gasteiger partial charge in [0.25, 0.3) is 11.6 Å². The van der Waals surface area contributed by atoms with Crippen LogP contribution in [0.3, 0.4) is 0 Å². The van der Waals surface area contributed by atoms with Crippen molar-refractivity contribution in [1.29, 1.82) is 0 Å². The fourth-order valence-electron chi connectivity index (χ4n) is 1.72. The van der Waals surface area contributed by atoms with E-state index >= 15 is 0 Å². The zero-order chi connectivity index (χ0) is 17.0. The van der Waals surface area contributed by atoms with Crippen LogP contribution in [0.25, 0.3) is 0 Å². The summed E-state index contributed by atoms with van der Waals surface area (Å²) in [5.41, 5.74) is 7.89. The number of carbonyl (C=O) groups is 1. The molecule has 9 heteroatoms.